The van der Waals surface area contributed by atoms with Crippen molar-refractivity contribution in [3.8, 4) is 5.75 Å². The number of nitrogens with one attached hydrogen (secondary N) is 1. The number of benzene rings is 1. The Morgan fingerprint density at radius 3 is 2.20 bits per heavy atom. The molecule has 0 bridgehead atoms. The molecular formula is C19H29N3O3. The maximum absolute atomic E-state index is 12.5. The van der Waals surface area contributed by atoms with Crippen LogP contribution in [0.3, 0.4) is 0 Å². The van der Waals surface area contributed by atoms with Crippen LogP contribution in [0.25, 0.3) is 0 Å². The van der Waals surface area contributed by atoms with Gasteiger partial charge >= 0.3 is 0 Å². The van der Waals surface area contributed by atoms with E-state index >= 15 is 0 Å². The van der Waals surface area contributed by atoms with Gasteiger partial charge in [0, 0.05) is 33.1 Å². The van der Waals surface area contributed by atoms with Crippen LogP contribution in [0.4, 0.5) is 0 Å². The highest BCUT2D eigenvalue weighted by molar-refractivity contribution is 5.78. The van der Waals surface area contributed by atoms with Crippen molar-refractivity contribution < 1.29 is 14.3 Å². The van der Waals surface area contributed by atoms with E-state index in [1.807, 2.05) is 29.2 Å². The first-order valence-electron chi connectivity index (χ1n) is 8.82. The Balaban J connectivity index is 1.91. The largest absolute Gasteiger partial charge is 0.497 e. The minimum absolute atomic E-state index is 0.0193. The van der Waals surface area contributed by atoms with Crippen LogP contribution in [0, 0.1) is 5.92 Å². The lowest BCUT2D eigenvalue weighted by Crippen LogP contribution is -2.51. The molecule has 1 N–H and O–H groups in total. The zero-order valence-corrected chi connectivity index (χ0v) is 15.6. The Morgan fingerprint density at radius 1 is 1.12 bits per heavy atom. The number of carbonyl (C=O) groups is 2. The minimum Gasteiger partial charge on any atom is -0.497 e. The summed E-state index contributed by atoms with van der Waals surface area (Å²) in [4.78, 5) is 27.8. The van der Waals surface area contributed by atoms with Crippen LogP contribution in [-0.4, -0.2) is 61.4 Å². The number of ether oxygens (including phenoxy) is 1. The number of amides is 2. The number of rotatable bonds is 6. The maximum Gasteiger partial charge on any atom is 0.234 e. The second-order valence-electron chi connectivity index (χ2n) is 6.84. The first kappa shape index (κ1) is 19.2. The molecule has 0 saturated carbocycles. The summed E-state index contributed by atoms with van der Waals surface area (Å²) < 4.78 is 5.19. The summed E-state index contributed by atoms with van der Waals surface area (Å²) in [7, 11) is 1.64. The van der Waals surface area contributed by atoms with Gasteiger partial charge in [0.1, 0.15) is 5.75 Å². The molecule has 1 unspecified atom stereocenters. The molecule has 1 atom stereocenters. The van der Waals surface area contributed by atoms with E-state index < -0.39 is 0 Å². The first-order chi connectivity index (χ1) is 11.9. The quantitative estimate of drug-likeness (QED) is 0.850. The fourth-order valence-corrected chi connectivity index (χ4v) is 3.09. The van der Waals surface area contributed by atoms with E-state index in [0.29, 0.717) is 19.6 Å². The molecular weight excluding hydrogens is 318 g/mol. The zero-order valence-electron chi connectivity index (χ0n) is 15.6. The number of piperazine rings is 1. The van der Waals surface area contributed by atoms with E-state index in [2.05, 4.69) is 24.1 Å². The summed E-state index contributed by atoms with van der Waals surface area (Å²) in [5.41, 5.74) is 1.07. The van der Waals surface area contributed by atoms with Gasteiger partial charge in [-0.05, 0) is 23.6 Å². The van der Waals surface area contributed by atoms with Gasteiger partial charge in [-0.2, -0.15) is 0 Å². The zero-order chi connectivity index (χ0) is 18.4. The molecule has 6 nitrogen and oxygen atoms in total. The summed E-state index contributed by atoms with van der Waals surface area (Å²) in [5, 5.41) is 3.15. The molecule has 1 fully saturated rings. The molecule has 0 spiro atoms. The van der Waals surface area contributed by atoms with E-state index in [1.54, 1.807) is 14.0 Å². The summed E-state index contributed by atoms with van der Waals surface area (Å²) in [6.07, 6.45) is 0. The Morgan fingerprint density at radius 2 is 1.72 bits per heavy atom. The fourth-order valence-electron chi connectivity index (χ4n) is 3.09. The molecule has 1 aliphatic rings. The van der Waals surface area contributed by atoms with E-state index in [0.717, 1.165) is 24.4 Å². The summed E-state index contributed by atoms with van der Waals surface area (Å²) in [6.45, 7) is 9.00. The molecule has 138 valence electrons. The molecule has 1 saturated heterocycles. The number of nitrogens with zero attached hydrogens (tertiary/aromatic N) is 2. The molecule has 25 heavy (non-hydrogen) atoms. The molecule has 1 aliphatic heterocycles. The number of hydrogen-bond donors (Lipinski definition) is 1. The maximum atomic E-state index is 12.5. The summed E-state index contributed by atoms with van der Waals surface area (Å²) >= 11 is 0. The van der Waals surface area contributed by atoms with Crippen LogP contribution in [0.1, 0.15) is 32.4 Å². The van der Waals surface area contributed by atoms with Gasteiger partial charge in [-0.25, -0.2) is 0 Å². The number of hydrogen-bond acceptors (Lipinski definition) is 4. The molecule has 1 aromatic rings. The Kier molecular flexibility index (Phi) is 6.82. The van der Waals surface area contributed by atoms with Gasteiger partial charge in [-0.1, -0.05) is 26.0 Å². The van der Waals surface area contributed by atoms with Crippen LogP contribution in [0.5, 0.6) is 5.75 Å². The molecule has 2 rings (SSSR count). The van der Waals surface area contributed by atoms with Gasteiger partial charge in [-0.15, -0.1) is 0 Å². The highest BCUT2D eigenvalue weighted by atomic mass is 16.5. The third kappa shape index (κ3) is 5.46. The van der Waals surface area contributed by atoms with Crippen LogP contribution in [0.15, 0.2) is 24.3 Å². The van der Waals surface area contributed by atoms with Crippen LogP contribution in [-0.2, 0) is 9.59 Å². The Labute approximate surface area is 150 Å². The average Bonchev–Trinajstić information content (AvgIpc) is 2.60. The predicted molar refractivity (Wildman–Crippen MR) is 97.4 cm³/mol. The van der Waals surface area contributed by atoms with Crippen molar-refractivity contribution >= 4 is 11.8 Å². The van der Waals surface area contributed by atoms with Crippen LogP contribution < -0.4 is 10.1 Å². The van der Waals surface area contributed by atoms with Crippen LogP contribution in [0.2, 0.25) is 0 Å². The molecule has 0 radical (unpaired) electrons. The van der Waals surface area contributed by atoms with E-state index in [1.165, 1.54) is 0 Å². The van der Waals surface area contributed by atoms with Gasteiger partial charge in [-0.3, -0.25) is 14.5 Å². The normalized spacial score (nSPS) is 16.6. The topological polar surface area (TPSA) is 61.9 Å². The lowest BCUT2D eigenvalue weighted by molar-refractivity contribution is -0.131. The monoisotopic (exact) mass is 347 g/mol. The highest BCUT2D eigenvalue weighted by Gasteiger charge is 2.23. The highest BCUT2D eigenvalue weighted by Crippen LogP contribution is 2.23. The summed E-state index contributed by atoms with van der Waals surface area (Å²) in [5.74, 6) is 1.21. The van der Waals surface area contributed by atoms with E-state index in [-0.39, 0.29) is 23.8 Å². The molecule has 0 aliphatic carbocycles. The Bertz CT molecular complexity index is 578. The van der Waals surface area contributed by atoms with Crippen molar-refractivity contribution in [2.45, 2.75) is 26.8 Å². The third-order valence-corrected chi connectivity index (χ3v) is 4.64. The van der Waals surface area contributed by atoms with Crippen LogP contribution >= 0.6 is 0 Å². The minimum atomic E-state index is -0.0306. The van der Waals surface area contributed by atoms with Crippen molar-refractivity contribution in [3.05, 3.63) is 29.8 Å². The van der Waals surface area contributed by atoms with Gasteiger partial charge in [0.2, 0.25) is 11.8 Å². The fraction of sp³-hybridized carbons (Fsp3) is 0.579. The molecule has 6 heteroatoms. The van der Waals surface area contributed by atoms with Crippen molar-refractivity contribution in [1.29, 1.82) is 0 Å². The second kappa shape index (κ2) is 8.85. The standard InChI is InChI=1S/C19H29N3O3/c1-14(2)19(16-5-7-17(25-4)8-6-16)20-18(24)13-21-9-11-22(12-10-21)15(3)23/h5-8,14,19H,9-13H2,1-4H3,(H,20,24). The predicted octanol–water partition coefficient (Wildman–Crippen LogP) is 1.67. The summed E-state index contributed by atoms with van der Waals surface area (Å²) in [6, 6.07) is 7.79. The lowest BCUT2D eigenvalue weighted by atomic mass is 9.96. The van der Waals surface area contributed by atoms with E-state index in [4.69, 9.17) is 4.74 Å². The smallest absolute Gasteiger partial charge is 0.234 e. The van der Waals surface area contributed by atoms with Gasteiger partial charge in [0.15, 0.2) is 0 Å². The second-order valence-corrected chi connectivity index (χ2v) is 6.84. The number of carbonyl (C=O) groups excluding carboxylic acids is 2. The number of methoxy groups -OCH3 is 1. The molecule has 1 aromatic carbocycles. The van der Waals surface area contributed by atoms with Crippen molar-refractivity contribution in [3.63, 3.8) is 0 Å². The van der Waals surface area contributed by atoms with Crippen molar-refractivity contribution in [2.75, 3.05) is 39.8 Å². The SMILES string of the molecule is COc1ccc(C(NC(=O)CN2CCN(C(C)=O)CC2)C(C)C)cc1. The van der Waals surface area contributed by atoms with Gasteiger partial charge in [0.05, 0.1) is 19.7 Å². The molecule has 2 amide bonds. The first-order valence-corrected chi connectivity index (χ1v) is 8.82. The van der Waals surface area contributed by atoms with Gasteiger partial charge in [0.25, 0.3) is 0 Å². The molecule has 1 heterocycles. The lowest BCUT2D eigenvalue weighted by Gasteiger charge is -2.34. The average molecular weight is 347 g/mol. The van der Waals surface area contributed by atoms with Crippen molar-refractivity contribution in [2.24, 2.45) is 5.92 Å². The van der Waals surface area contributed by atoms with Crippen molar-refractivity contribution in [1.82, 2.24) is 15.1 Å². The third-order valence-electron chi connectivity index (χ3n) is 4.64. The van der Waals surface area contributed by atoms with E-state index in [9.17, 15) is 9.59 Å². The Hall–Kier alpha value is -2.08. The molecule has 0 aromatic heterocycles. The van der Waals surface area contributed by atoms with Gasteiger partial charge < -0.3 is 15.0 Å².